The molecule has 4 nitrogen and oxygen atoms in total. The normalized spacial score (nSPS) is 10.6. The molecule has 3 rings (SSSR count). The van der Waals surface area contributed by atoms with Gasteiger partial charge in [-0.25, -0.2) is 4.98 Å². The lowest BCUT2D eigenvalue weighted by molar-refractivity contribution is 1.15. The van der Waals surface area contributed by atoms with Gasteiger partial charge in [0.15, 0.2) is 0 Å². The largest absolute Gasteiger partial charge is 0.387 e. The SMILES string of the molecule is CNc1ccc2cnc(-c3ccncc3)n2c1. The minimum Gasteiger partial charge on any atom is -0.387 e. The van der Waals surface area contributed by atoms with Gasteiger partial charge in [-0.3, -0.25) is 9.38 Å². The Kier molecular flexibility index (Phi) is 2.26. The third kappa shape index (κ3) is 1.63. The first-order chi connectivity index (χ1) is 8.38. The minimum atomic E-state index is 0.930. The molecule has 84 valence electrons. The third-order valence-corrected chi connectivity index (χ3v) is 2.75. The molecule has 0 saturated carbocycles. The third-order valence-electron chi connectivity index (χ3n) is 2.75. The molecule has 0 fully saturated rings. The average molecular weight is 224 g/mol. The predicted octanol–water partition coefficient (Wildman–Crippen LogP) is 2.44. The van der Waals surface area contributed by atoms with Crippen molar-refractivity contribution >= 4 is 11.2 Å². The van der Waals surface area contributed by atoms with Crippen molar-refractivity contribution in [3.63, 3.8) is 0 Å². The highest BCUT2D eigenvalue weighted by molar-refractivity contribution is 5.64. The molecule has 17 heavy (non-hydrogen) atoms. The Morgan fingerprint density at radius 2 is 1.94 bits per heavy atom. The van der Waals surface area contributed by atoms with Gasteiger partial charge < -0.3 is 5.32 Å². The lowest BCUT2D eigenvalue weighted by atomic mass is 10.2. The molecule has 0 radical (unpaired) electrons. The van der Waals surface area contributed by atoms with E-state index in [1.54, 1.807) is 12.4 Å². The highest BCUT2D eigenvalue weighted by atomic mass is 15.0. The molecule has 3 aromatic rings. The van der Waals surface area contributed by atoms with Crippen molar-refractivity contribution in [3.05, 3.63) is 49.1 Å². The van der Waals surface area contributed by atoms with Gasteiger partial charge in [-0.2, -0.15) is 0 Å². The fraction of sp³-hybridized carbons (Fsp3) is 0.0769. The summed E-state index contributed by atoms with van der Waals surface area (Å²) in [5.74, 6) is 0.930. The van der Waals surface area contributed by atoms with Gasteiger partial charge in [0, 0.05) is 31.2 Å². The molecule has 0 unspecified atom stereocenters. The summed E-state index contributed by atoms with van der Waals surface area (Å²) in [6, 6.07) is 8.00. The van der Waals surface area contributed by atoms with Crippen LogP contribution in [0.5, 0.6) is 0 Å². The number of anilines is 1. The fourth-order valence-electron chi connectivity index (χ4n) is 1.85. The van der Waals surface area contributed by atoms with Crippen LogP contribution in [0.4, 0.5) is 5.69 Å². The highest BCUT2D eigenvalue weighted by Gasteiger charge is 2.05. The average Bonchev–Trinajstić information content (AvgIpc) is 2.82. The highest BCUT2D eigenvalue weighted by Crippen LogP contribution is 2.20. The van der Waals surface area contributed by atoms with Gasteiger partial charge >= 0.3 is 0 Å². The molecule has 0 aliphatic rings. The van der Waals surface area contributed by atoms with E-state index >= 15 is 0 Å². The number of pyridine rings is 2. The first-order valence-corrected chi connectivity index (χ1v) is 5.44. The van der Waals surface area contributed by atoms with E-state index in [2.05, 4.69) is 19.7 Å². The van der Waals surface area contributed by atoms with Crippen LogP contribution in [0.15, 0.2) is 49.1 Å². The molecule has 0 spiro atoms. The van der Waals surface area contributed by atoms with E-state index in [9.17, 15) is 0 Å². The smallest absolute Gasteiger partial charge is 0.144 e. The Morgan fingerprint density at radius 3 is 2.71 bits per heavy atom. The second kappa shape index (κ2) is 3.90. The van der Waals surface area contributed by atoms with Crippen LogP contribution in [-0.4, -0.2) is 21.4 Å². The van der Waals surface area contributed by atoms with Crippen LogP contribution in [0.1, 0.15) is 0 Å². The molecule has 0 amide bonds. The summed E-state index contributed by atoms with van der Waals surface area (Å²) in [6.07, 6.45) is 7.46. The number of hydrogen-bond acceptors (Lipinski definition) is 3. The van der Waals surface area contributed by atoms with Crippen LogP contribution >= 0.6 is 0 Å². The van der Waals surface area contributed by atoms with E-state index in [1.165, 1.54) is 0 Å². The van der Waals surface area contributed by atoms with Crippen molar-refractivity contribution in [2.24, 2.45) is 0 Å². The van der Waals surface area contributed by atoms with E-state index in [-0.39, 0.29) is 0 Å². The molecule has 0 saturated heterocycles. The number of nitrogens with zero attached hydrogens (tertiary/aromatic N) is 3. The standard InChI is InChI=1S/C13H12N4/c1-14-11-2-3-12-8-16-13(17(12)9-11)10-4-6-15-7-5-10/h2-9,14H,1H3. The van der Waals surface area contributed by atoms with Crippen molar-refractivity contribution in [2.45, 2.75) is 0 Å². The van der Waals surface area contributed by atoms with Crippen molar-refractivity contribution in [1.82, 2.24) is 14.4 Å². The maximum absolute atomic E-state index is 4.45. The molecule has 0 aliphatic heterocycles. The molecule has 0 aliphatic carbocycles. The lowest BCUT2D eigenvalue weighted by Crippen LogP contribution is -1.93. The molecule has 0 bridgehead atoms. The van der Waals surface area contributed by atoms with E-state index in [0.29, 0.717) is 0 Å². The van der Waals surface area contributed by atoms with Gasteiger partial charge in [0.25, 0.3) is 0 Å². The molecule has 3 heterocycles. The van der Waals surface area contributed by atoms with Gasteiger partial charge in [-0.05, 0) is 24.3 Å². The molecule has 0 atom stereocenters. The van der Waals surface area contributed by atoms with E-state index in [1.807, 2.05) is 43.7 Å². The van der Waals surface area contributed by atoms with E-state index in [4.69, 9.17) is 0 Å². The molecule has 4 heteroatoms. The van der Waals surface area contributed by atoms with Crippen LogP contribution in [0, 0.1) is 0 Å². The second-order valence-corrected chi connectivity index (χ2v) is 3.78. The number of imidazole rings is 1. The van der Waals surface area contributed by atoms with Crippen molar-refractivity contribution < 1.29 is 0 Å². The van der Waals surface area contributed by atoms with Crippen LogP contribution in [-0.2, 0) is 0 Å². The summed E-state index contributed by atoms with van der Waals surface area (Å²) in [7, 11) is 1.91. The van der Waals surface area contributed by atoms with Crippen LogP contribution in [0.3, 0.4) is 0 Å². The molecular formula is C13H12N4. The number of rotatable bonds is 2. The van der Waals surface area contributed by atoms with Crippen molar-refractivity contribution in [2.75, 3.05) is 12.4 Å². The number of fused-ring (bicyclic) bond motifs is 1. The topological polar surface area (TPSA) is 42.2 Å². The van der Waals surface area contributed by atoms with Crippen molar-refractivity contribution in [1.29, 1.82) is 0 Å². The molecule has 1 N–H and O–H groups in total. The van der Waals surface area contributed by atoms with Gasteiger partial charge in [-0.1, -0.05) is 0 Å². The quantitative estimate of drug-likeness (QED) is 0.727. The minimum absolute atomic E-state index is 0.930. The summed E-state index contributed by atoms with van der Waals surface area (Å²) in [6.45, 7) is 0. The van der Waals surface area contributed by atoms with Gasteiger partial charge in [-0.15, -0.1) is 0 Å². The fourth-order valence-corrected chi connectivity index (χ4v) is 1.85. The Morgan fingerprint density at radius 1 is 1.12 bits per heavy atom. The maximum Gasteiger partial charge on any atom is 0.144 e. The summed E-state index contributed by atoms with van der Waals surface area (Å²) >= 11 is 0. The summed E-state index contributed by atoms with van der Waals surface area (Å²) in [5.41, 5.74) is 3.20. The summed E-state index contributed by atoms with van der Waals surface area (Å²) in [5, 5.41) is 3.13. The Bertz CT molecular complexity index is 643. The summed E-state index contributed by atoms with van der Waals surface area (Å²) < 4.78 is 2.07. The van der Waals surface area contributed by atoms with Gasteiger partial charge in [0.2, 0.25) is 0 Å². The van der Waals surface area contributed by atoms with Gasteiger partial charge in [0.05, 0.1) is 17.4 Å². The summed E-state index contributed by atoms with van der Waals surface area (Å²) in [4.78, 5) is 8.47. The van der Waals surface area contributed by atoms with E-state index < -0.39 is 0 Å². The van der Waals surface area contributed by atoms with Crippen LogP contribution < -0.4 is 5.32 Å². The van der Waals surface area contributed by atoms with Crippen LogP contribution in [0.25, 0.3) is 16.9 Å². The first-order valence-electron chi connectivity index (χ1n) is 5.44. The zero-order valence-corrected chi connectivity index (χ0v) is 9.46. The van der Waals surface area contributed by atoms with Gasteiger partial charge in [0.1, 0.15) is 5.82 Å². The maximum atomic E-state index is 4.45. The second-order valence-electron chi connectivity index (χ2n) is 3.78. The zero-order chi connectivity index (χ0) is 11.7. The Balaban J connectivity index is 2.23. The van der Waals surface area contributed by atoms with Crippen molar-refractivity contribution in [3.8, 4) is 11.4 Å². The molecule has 3 aromatic heterocycles. The lowest BCUT2D eigenvalue weighted by Gasteiger charge is -2.04. The number of hydrogen-bond donors (Lipinski definition) is 1. The molecular weight excluding hydrogens is 212 g/mol. The number of nitrogens with one attached hydrogen (secondary N) is 1. The van der Waals surface area contributed by atoms with E-state index in [0.717, 1.165) is 22.6 Å². The predicted molar refractivity (Wildman–Crippen MR) is 68.0 cm³/mol. The first kappa shape index (κ1) is 9.84. The number of aromatic nitrogens is 3. The Labute approximate surface area is 99.0 Å². The molecule has 0 aromatic carbocycles. The van der Waals surface area contributed by atoms with Crippen LogP contribution in [0.2, 0.25) is 0 Å². The zero-order valence-electron chi connectivity index (χ0n) is 9.46. The Hall–Kier alpha value is -2.36. The monoisotopic (exact) mass is 224 g/mol.